The predicted octanol–water partition coefficient (Wildman–Crippen LogP) is -9.32. The Labute approximate surface area is 541 Å². The van der Waals surface area contributed by atoms with Crippen molar-refractivity contribution in [2.24, 2.45) is 17.2 Å². The second-order valence-electron chi connectivity index (χ2n) is 22.3. The van der Waals surface area contributed by atoms with Crippen molar-refractivity contribution < 1.29 is 33.6 Å². The van der Waals surface area contributed by atoms with Crippen molar-refractivity contribution >= 4 is 92.3 Å². The number of fused-ring (bicyclic) bond motifs is 3. The molecule has 0 saturated heterocycles. The maximum atomic E-state index is 15.4. The van der Waals surface area contributed by atoms with Gasteiger partial charge in [0.25, 0.3) is 16.7 Å². The Bertz CT molecular complexity index is 4900. The molecule has 9 heterocycles. The monoisotopic (exact) mass is 1340 g/mol. The number of aromatic nitrogens is 18. The maximum absolute atomic E-state index is 15.4. The number of H-pyrrole nitrogens is 3. The number of aromatic amines is 3. The minimum Gasteiger partial charge on any atom is -0.382 e. The molecule has 510 valence electrons. The molecule has 0 aliphatic rings. The van der Waals surface area contributed by atoms with Gasteiger partial charge in [-0.25, -0.2) is 59.2 Å². The molecular formula is C54H66N30O13. The number of imidazole rings is 3. The highest BCUT2D eigenvalue weighted by molar-refractivity contribution is 5.97. The standard InChI is InChI=1S/C54H66N30O13/c1-23-8-79(52(95)76-43(23)86)12-28(47(90)70-27(39(60)85)6-4-5-7-55)72-48(91)29(13-80-9-24(2)44(87)77-53(80)96)74-51(94)32(16-84-22-69-35-38(59)63-19-66-42(35)84)75-49(92)30(14-81-10-25(3)45(88)78-54(81)97)73-50(93)31(15-83-21-68-34-37(58)62-18-65-41(34)83)71-46(89)26(56)11-82-20-67-33-36(57)61-17-64-40(33)82/h8-10,17-22,26-32H,4-7,11-16,55-56H2,1-3H3,(H2,60,85)(H,70,90)(H,71,89)(H,72,91)(H,73,93)(H,74,94)(H,75,92)(H2,57,61,64)(H2,58,62,65)(H2,59,63,66)(H,76,86,95)(H,77,87,96)(H,78,88,97)/t26-,27-,28-,29-,30-,31-,32-/m0/s1. The third-order valence-electron chi connectivity index (χ3n) is 15.3. The molecule has 9 rings (SSSR count). The SMILES string of the molecule is Cc1cn(C[C@H](NC(=O)[C@H](Cn2cc(C)c(=O)[nH]c2=O)NC(=O)[C@H](Cn2cnc3c(N)ncnc32)NC(=O)[C@H](Cn2cc(C)c(=O)[nH]c2=O)NC(=O)[C@H](Cn2cnc3c(N)ncnc32)NC(=O)[C@@H](N)Cn2cnc3c(N)ncnc32)C(=O)N[C@@H](CCCCN)C(N)=O)c(=O)[nH]c1=O. The summed E-state index contributed by atoms with van der Waals surface area (Å²) in [6.07, 6.45) is 10.9. The molecule has 0 bridgehead atoms. The lowest BCUT2D eigenvalue weighted by atomic mass is 10.1. The van der Waals surface area contributed by atoms with Crippen LogP contribution in [-0.2, 0) is 72.8 Å². The highest BCUT2D eigenvalue weighted by atomic mass is 16.2. The van der Waals surface area contributed by atoms with Crippen LogP contribution in [0.3, 0.4) is 0 Å². The Kier molecular flexibility index (Phi) is 20.9. The molecule has 9 aromatic heterocycles. The van der Waals surface area contributed by atoms with Crippen molar-refractivity contribution in [3.63, 3.8) is 0 Å². The van der Waals surface area contributed by atoms with E-state index in [1.807, 2.05) is 0 Å². The molecule has 0 saturated carbocycles. The third kappa shape index (κ3) is 16.0. The Morgan fingerprint density at radius 3 is 1.01 bits per heavy atom. The fourth-order valence-corrected chi connectivity index (χ4v) is 10.0. The molecule has 43 heteroatoms. The smallest absolute Gasteiger partial charge is 0.328 e. The number of carbonyl (C=O) groups is 7. The van der Waals surface area contributed by atoms with Crippen LogP contribution in [0.25, 0.3) is 33.5 Å². The molecule has 0 aliphatic heterocycles. The number of hydrogen-bond acceptors (Lipinski definition) is 27. The van der Waals surface area contributed by atoms with E-state index in [2.05, 4.69) is 91.7 Å². The number of amides is 7. The summed E-state index contributed by atoms with van der Waals surface area (Å²) >= 11 is 0. The van der Waals surface area contributed by atoms with Crippen LogP contribution in [0.4, 0.5) is 17.5 Å². The first-order valence-electron chi connectivity index (χ1n) is 29.4. The van der Waals surface area contributed by atoms with Gasteiger partial charge in [0.05, 0.1) is 51.7 Å². The summed E-state index contributed by atoms with van der Waals surface area (Å²) in [6.45, 7) is 0.274. The van der Waals surface area contributed by atoms with Gasteiger partial charge in [0, 0.05) is 41.8 Å². The number of anilines is 3. The largest absolute Gasteiger partial charge is 0.382 e. The summed E-state index contributed by atoms with van der Waals surface area (Å²) in [4.78, 5) is 224. The molecule has 0 fully saturated rings. The second-order valence-corrected chi connectivity index (χ2v) is 22.3. The summed E-state index contributed by atoms with van der Waals surface area (Å²) in [5, 5.41) is 15.0. The first-order valence-corrected chi connectivity index (χ1v) is 29.4. The van der Waals surface area contributed by atoms with Crippen molar-refractivity contribution in [1.82, 2.24) is 119 Å². The van der Waals surface area contributed by atoms with Crippen LogP contribution in [0.2, 0.25) is 0 Å². The Morgan fingerprint density at radius 2 is 0.701 bits per heavy atom. The molecule has 7 atom stereocenters. The second kappa shape index (κ2) is 29.5. The van der Waals surface area contributed by atoms with E-state index < -0.39 is 150 Å². The first-order chi connectivity index (χ1) is 46.2. The number of nitrogens with zero attached hydrogens (tertiary/aromatic N) is 15. The average molecular weight is 1340 g/mol. The lowest BCUT2D eigenvalue weighted by Crippen LogP contribution is -2.62. The van der Waals surface area contributed by atoms with E-state index in [1.54, 1.807) is 0 Å². The van der Waals surface area contributed by atoms with Gasteiger partial charge in [-0.05, 0) is 46.6 Å². The fraction of sp³-hybridized carbons (Fsp3) is 0.370. The van der Waals surface area contributed by atoms with Crippen LogP contribution < -0.4 is 100 Å². The third-order valence-corrected chi connectivity index (χ3v) is 15.3. The van der Waals surface area contributed by atoms with Gasteiger partial charge in [0.1, 0.15) is 77.8 Å². The summed E-state index contributed by atoms with van der Waals surface area (Å²) in [5.74, 6) is -8.22. The minimum absolute atomic E-state index is 0.00805. The molecule has 43 nitrogen and oxygen atoms in total. The Balaban J connectivity index is 1.09. The fourth-order valence-electron chi connectivity index (χ4n) is 10.0. The van der Waals surface area contributed by atoms with E-state index >= 15 is 19.2 Å². The Hall–Kier alpha value is -12.7. The van der Waals surface area contributed by atoms with Crippen molar-refractivity contribution in [1.29, 1.82) is 0 Å². The van der Waals surface area contributed by atoms with Gasteiger partial charge >= 0.3 is 17.1 Å². The molecule has 0 unspecified atom stereocenters. The highest BCUT2D eigenvalue weighted by Crippen LogP contribution is 2.18. The zero-order valence-corrected chi connectivity index (χ0v) is 51.8. The topological polar surface area (TPSA) is 643 Å². The van der Waals surface area contributed by atoms with Gasteiger partial charge in [-0.1, -0.05) is 0 Å². The molecule has 9 aromatic rings. The van der Waals surface area contributed by atoms with Gasteiger partial charge in [0.15, 0.2) is 34.4 Å². The lowest BCUT2D eigenvalue weighted by molar-refractivity contribution is -0.136. The number of aryl methyl sites for hydroxylation is 3. The lowest BCUT2D eigenvalue weighted by Gasteiger charge is -2.28. The summed E-state index contributed by atoms with van der Waals surface area (Å²) in [6, 6.07) is -12.5. The number of unbranched alkanes of at least 4 members (excludes halogenated alkanes) is 1. The van der Waals surface area contributed by atoms with Crippen LogP contribution in [0.5, 0.6) is 0 Å². The molecule has 0 aromatic carbocycles. The normalized spacial score (nSPS) is 13.6. The Morgan fingerprint density at radius 1 is 0.412 bits per heavy atom. The van der Waals surface area contributed by atoms with Crippen LogP contribution in [-0.4, -0.2) is 177 Å². The number of nitrogens with two attached hydrogens (primary N) is 6. The quantitative estimate of drug-likeness (QED) is 0.0194. The summed E-state index contributed by atoms with van der Waals surface area (Å²) in [5.41, 5.74) is 30.8. The van der Waals surface area contributed by atoms with E-state index in [9.17, 15) is 43.2 Å². The zero-order valence-electron chi connectivity index (χ0n) is 51.8. The van der Waals surface area contributed by atoms with Gasteiger partial charge < -0.3 is 80.0 Å². The van der Waals surface area contributed by atoms with E-state index in [-0.39, 0.29) is 87.1 Å². The molecule has 7 amide bonds. The number of hydrogen-bond donors (Lipinski definition) is 15. The van der Waals surface area contributed by atoms with Gasteiger partial charge in [-0.3, -0.25) is 76.6 Å². The van der Waals surface area contributed by atoms with E-state index in [0.717, 1.165) is 51.3 Å². The zero-order chi connectivity index (χ0) is 70.1. The average Bonchev–Trinajstić information content (AvgIpc) is 1.75. The van der Waals surface area contributed by atoms with Crippen LogP contribution in [0.1, 0.15) is 36.0 Å². The molecule has 0 radical (unpaired) electrons. The summed E-state index contributed by atoms with van der Waals surface area (Å²) in [7, 11) is 0. The maximum Gasteiger partial charge on any atom is 0.328 e. The number of nitrogens with one attached hydrogen (secondary N) is 9. The number of carbonyl (C=O) groups excluding carboxylic acids is 7. The molecule has 21 N–H and O–H groups in total. The number of rotatable bonds is 29. The van der Waals surface area contributed by atoms with Gasteiger partial charge in [-0.15, -0.1) is 0 Å². The van der Waals surface area contributed by atoms with Crippen LogP contribution >= 0.6 is 0 Å². The molecule has 0 aliphatic carbocycles. The van der Waals surface area contributed by atoms with Crippen molar-refractivity contribution in [3.05, 3.63) is 136 Å². The molecular weight excluding hydrogens is 1280 g/mol. The van der Waals surface area contributed by atoms with Crippen molar-refractivity contribution in [3.8, 4) is 0 Å². The minimum atomic E-state index is -2.04. The van der Waals surface area contributed by atoms with Crippen molar-refractivity contribution in [2.45, 2.75) is 122 Å². The van der Waals surface area contributed by atoms with Crippen LogP contribution in [0.15, 0.2) is 85.3 Å². The van der Waals surface area contributed by atoms with Crippen molar-refractivity contribution in [2.75, 3.05) is 23.7 Å². The van der Waals surface area contributed by atoms with Crippen LogP contribution in [0, 0.1) is 20.8 Å². The van der Waals surface area contributed by atoms with E-state index in [1.165, 1.54) is 53.5 Å². The molecule has 0 spiro atoms. The van der Waals surface area contributed by atoms with Gasteiger partial charge in [0.2, 0.25) is 41.4 Å². The summed E-state index contributed by atoms with van der Waals surface area (Å²) < 4.78 is 6.49. The predicted molar refractivity (Wildman–Crippen MR) is 339 cm³/mol. The van der Waals surface area contributed by atoms with E-state index in [0.29, 0.717) is 12.8 Å². The highest BCUT2D eigenvalue weighted by Gasteiger charge is 2.36. The molecule has 97 heavy (non-hydrogen) atoms. The number of nitrogen functional groups attached to an aromatic ring is 3. The van der Waals surface area contributed by atoms with E-state index in [4.69, 9.17) is 34.4 Å². The van der Waals surface area contributed by atoms with Gasteiger partial charge in [-0.2, -0.15) is 0 Å². The number of primary amides is 1. The first kappa shape index (κ1) is 68.7.